The van der Waals surface area contributed by atoms with Gasteiger partial charge in [-0.05, 0) is 12.1 Å². The van der Waals surface area contributed by atoms with E-state index in [1.165, 1.54) is 6.08 Å². The van der Waals surface area contributed by atoms with Gasteiger partial charge in [0.1, 0.15) is 12.6 Å². The summed E-state index contributed by atoms with van der Waals surface area (Å²) in [5, 5.41) is 11.3. The summed E-state index contributed by atoms with van der Waals surface area (Å²) in [4.78, 5) is 26.4. The Morgan fingerprint density at radius 2 is 2.37 bits per heavy atom. The Hall–Kier alpha value is -1.89. The molecule has 0 bridgehead atoms. The van der Waals surface area contributed by atoms with Crippen molar-refractivity contribution in [3.05, 3.63) is 41.2 Å². The van der Waals surface area contributed by atoms with Gasteiger partial charge in [0.25, 0.3) is 0 Å². The first-order valence-corrected chi connectivity index (χ1v) is 6.19. The van der Waals surface area contributed by atoms with Gasteiger partial charge in [-0.1, -0.05) is 28.6 Å². The van der Waals surface area contributed by atoms with Gasteiger partial charge in [0.15, 0.2) is 0 Å². The van der Waals surface area contributed by atoms with Crippen molar-refractivity contribution >= 4 is 28.0 Å². The predicted octanol–water partition coefficient (Wildman–Crippen LogP) is 1.75. The number of amides is 1. The molecule has 7 heteroatoms. The first-order valence-electron chi connectivity index (χ1n) is 5.40. The summed E-state index contributed by atoms with van der Waals surface area (Å²) in [6.07, 6.45) is 2.21. The van der Waals surface area contributed by atoms with Crippen LogP contribution in [0, 0.1) is 0 Å². The Morgan fingerprint density at radius 3 is 2.95 bits per heavy atom. The number of carbonyl (C=O) groups excluding carboxylic acids is 1. The minimum absolute atomic E-state index is 0.0211. The number of pyridine rings is 1. The number of hydrogen-bond acceptors (Lipinski definition) is 4. The quantitative estimate of drug-likeness (QED) is 0.776. The van der Waals surface area contributed by atoms with Crippen LogP contribution < -0.4 is 5.32 Å². The number of rotatable bonds is 6. The van der Waals surface area contributed by atoms with Crippen molar-refractivity contribution in [1.29, 1.82) is 0 Å². The topological polar surface area (TPSA) is 88.5 Å². The number of aromatic nitrogens is 1. The second-order valence-corrected chi connectivity index (χ2v) is 4.51. The van der Waals surface area contributed by atoms with E-state index in [1.807, 2.05) is 0 Å². The molecule has 0 fully saturated rings. The maximum Gasteiger partial charge on any atom is 0.408 e. The van der Waals surface area contributed by atoms with E-state index in [9.17, 15) is 9.59 Å². The summed E-state index contributed by atoms with van der Waals surface area (Å²) in [7, 11) is 0. The lowest BCUT2D eigenvalue weighted by molar-refractivity contribution is -0.139. The zero-order valence-corrected chi connectivity index (χ0v) is 11.6. The zero-order chi connectivity index (χ0) is 14.3. The number of halogens is 1. The van der Waals surface area contributed by atoms with Crippen LogP contribution >= 0.6 is 15.9 Å². The van der Waals surface area contributed by atoms with Gasteiger partial charge < -0.3 is 15.2 Å². The Bertz CT molecular complexity index is 479. The van der Waals surface area contributed by atoms with E-state index in [4.69, 9.17) is 5.11 Å². The molecule has 0 aromatic carbocycles. The van der Waals surface area contributed by atoms with E-state index in [2.05, 4.69) is 37.5 Å². The number of nitrogens with zero attached hydrogens (tertiary/aromatic N) is 1. The molecule has 2 N–H and O–H groups in total. The molecule has 6 nitrogen and oxygen atoms in total. The molecule has 1 aromatic heterocycles. The molecular formula is C12H13BrN2O4. The van der Waals surface area contributed by atoms with Crippen LogP contribution in [-0.2, 0) is 16.0 Å². The van der Waals surface area contributed by atoms with Crippen molar-refractivity contribution < 1.29 is 19.4 Å². The molecule has 1 aromatic rings. The minimum Gasteiger partial charge on any atom is -0.480 e. The number of aliphatic carboxylic acids is 1. The zero-order valence-electron chi connectivity index (χ0n) is 10.0. The molecule has 1 atom stereocenters. The standard InChI is InChI=1S/C12H13BrN2O4/c1-2-5-19-12(18)15-10(11(16)17)7-9-6-8(13)3-4-14-9/h2-4,6,10H,1,5,7H2,(H,15,18)(H,16,17)/t10-/m0/s1. The van der Waals surface area contributed by atoms with Crippen LogP contribution in [0.25, 0.3) is 0 Å². The second-order valence-electron chi connectivity index (χ2n) is 3.59. The Labute approximate surface area is 118 Å². The monoisotopic (exact) mass is 328 g/mol. The summed E-state index contributed by atoms with van der Waals surface area (Å²) in [6.45, 7) is 3.41. The first kappa shape index (κ1) is 15.2. The summed E-state index contributed by atoms with van der Waals surface area (Å²) >= 11 is 3.26. The van der Waals surface area contributed by atoms with Gasteiger partial charge in [-0.15, -0.1) is 0 Å². The van der Waals surface area contributed by atoms with Crippen molar-refractivity contribution in [3.63, 3.8) is 0 Å². The normalized spacial score (nSPS) is 11.4. The Morgan fingerprint density at radius 1 is 1.63 bits per heavy atom. The predicted molar refractivity (Wildman–Crippen MR) is 71.7 cm³/mol. The van der Waals surface area contributed by atoms with Gasteiger partial charge >= 0.3 is 12.1 Å². The molecule has 0 aliphatic heterocycles. The number of alkyl carbamates (subject to hydrolysis) is 1. The maximum atomic E-state index is 11.3. The molecule has 1 amide bonds. The molecule has 0 unspecified atom stereocenters. The third kappa shape index (κ3) is 5.52. The number of hydrogen-bond donors (Lipinski definition) is 2. The van der Waals surface area contributed by atoms with Gasteiger partial charge in [-0.25, -0.2) is 9.59 Å². The number of carbonyl (C=O) groups is 2. The SMILES string of the molecule is C=CCOC(=O)N[C@@H](Cc1cc(Br)ccn1)C(=O)O. The Balaban J connectivity index is 2.65. The lowest BCUT2D eigenvalue weighted by atomic mass is 10.1. The van der Waals surface area contributed by atoms with E-state index in [1.54, 1.807) is 18.3 Å². The van der Waals surface area contributed by atoms with Crippen LogP contribution in [0.4, 0.5) is 4.79 Å². The highest BCUT2D eigenvalue weighted by molar-refractivity contribution is 9.10. The molecule has 0 spiro atoms. The molecule has 1 heterocycles. The van der Waals surface area contributed by atoms with Crippen LogP contribution in [0.1, 0.15) is 5.69 Å². The van der Waals surface area contributed by atoms with Crippen molar-refractivity contribution in [2.45, 2.75) is 12.5 Å². The molecule has 102 valence electrons. The maximum absolute atomic E-state index is 11.3. The van der Waals surface area contributed by atoms with Crippen molar-refractivity contribution in [3.8, 4) is 0 Å². The lowest BCUT2D eigenvalue weighted by Gasteiger charge is -2.13. The lowest BCUT2D eigenvalue weighted by Crippen LogP contribution is -2.42. The summed E-state index contributed by atoms with van der Waals surface area (Å²) in [6, 6.07) is 2.32. The number of ether oxygens (including phenoxy) is 1. The van der Waals surface area contributed by atoms with Crippen LogP contribution in [0.5, 0.6) is 0 Å². The van der Waals surface area contributed by atoms with Crippen molar-refractivity contribution in [1.82, 2.24) is 10.3 Å². The number of carboxylic acids is 1. The van der Waals surface area contributed by atoms with E-state index in [0.29, 0.717) is 5.69 Å². The van der Waals surface area contributed by atoms with E-state index < -0.39 is 18.1 Å². The highest BCUT2D eigenvalue weighted by atomic mass is 79.9. The summed E-state index contributed by atoms with van der Waals surface area (Å²) in [5.74, 6) is -1.16. The van der Waals surface area contributed by atoms with Crippen LogP contribution in [0.3, 0.4) is 0 Å². The van der Waals surface area contributed by atoms with Gasteiger partial charge in [0.2, 0.25) is 0 Å². The fraction of sp³-hybridized carbons (Fsp3) is 0.250. The third-order valence-corrected chi connectivity index (χ3v) is 2.61. The highest BCUT2D eigenvalue weighted by Crippen LogP contribution is 2.10. The molecule has 0 saturated carbocycles. The van der Waals surface area contributed by atoms with Gasteiger partial charge in [0, 0.05) is 22.8 Å². The molecule has 0 aliphatic rings. The largest absolute Gasteiger partial charge is 0.480 e. The second kappa shape index (κ2) is 7.52. The number of carboxylic acid groups (broad SMARTS) is 1. The van der Waals surface area contributed by atoms with Crippen molar-refractivity contribution in [2.24, 2.45) is 0 Å². The fourth-order valence-corrected chi connectivity index (χ4v) is 1.67. The molecule has 1 rings (SSSR count). The van der Waals surface area contributed by atoms with Crippen LogP contribution in [0.15, 0.2) is 35.5 Å². The number of nitrogens with one attached hydrogen (secondary N) is 1. The smallest absolute Gasteiger partial charge is 0.408 e. The summed E-state index contributed by atoms with van der Waals surface area (Å²) in [5.41, 5.74) is 0.547. The molecule has 0 radical (unpaired) electrons. The van der Waals surface area contributed by atoms with Crippen LogP contribution in [-0.4, -0.2) is 34.8 Å². The third-order valence-electron chi connectivity index (χ3n) is 2.11. The Kier molecular flexibility index (Phi) is 6.01. The highest BCUT2D eigenvalue weighted by Gasteiger charge is 2.21. The minimum atomic E-state index is -1.16. The summed E-state index contributed by atoms with van der Waals surface area (Å²) < 4.78 is 5.46. The van der Waals surface area contributed by atoms with Gasteiger partial charge in [-0.3, -0.25) is 4.98 Å². The van der Waals surface area contributed by atoms with Gasteiger partial charge in [0.05, 0.1) is 0 Å². The fourth-order valence-electron chi connectivity index (χ4n) is 1.29. The van der Waals surface area contributed by atoms with Crippen LogP contribution in [0.2, 0.25) is 0 Å². The molecule has 19 heavy (non-hydrogen) atoms. The average Bonchev–Trinajstić information content (AvgIpc) is 2.35. The molecular weight excluding hydrogens is 316 g/mol. The van der Waals surface area contributed by atoms with Crippen molar-refractivity contribution in [2.75, 3.05) is 6.61 Å². The van der Waals surface area contributed by atoms with E-state index >= 15 is 0 Å². The average molecular weight is 329 g/mol. The van der Waals surface area contributed by atoms with Gasteiger partial charge in [-0.2, -0.15) is 0 Å². The first-order chi connectivity index (χ1) is 9.02. The van der Waals surface area contributed by atoms with E-state index in [0.717, 1.165) is 4.47 Å². The van der Waals surface area contributed by atoms with E-state index in [-0.39, 0.29) is 13.0 Å². The molecule has 0 aliphatic carbocycles. The molecule has 0 saturated heterocycles.